The van der Waals surface area contributed by atoms with Crippen LogP contribution >= 0.6 is 22.7 Å². The molecule has 0 amide bonds. The van der Waals surface area contributed by atoms with Crippen molar-refractivity contribution in [3.63, 3.8) is 0 Å². The number of aromatic hydroxyl groups is 2. The molecule has 0 atom stereocenters. The van der Waals surface area contributed by atoms with Gasteiger partial charge in [0.1, 0.15) is 0 Å². The van der Waals surface area contributed by atoms with Crippen LogP contribution in [-0.2, 0) is 26.2 Å². The fourth-order valence-electron chi connectivity index (χ4n) is 1.57. The minimum atomic E-state index is 0. The molecule has 0 unspecified atom stereocenters. The van der Waals surface area contributed by atoms with Gasteiger partial charge in [-0.25, -0.2) is 24.3 Å². The largest absolute Gasteiger partial charge is 2.00 e. The predicted octanol–water partition coefficient (Wildman–Crippen LogP) is 5.53. The number of rotatable bonds is 2. The van der Waals surface area contributed by atoms with Crippen LogP contribution in [0.2, 0.25) is 0 Å². The van der Waals surface area contributed by atoms with E-state index in [2.05, 4.69) is 24.3 Å². The summed E-state index contributed by atoms with van der Waals surface area (Å²) in [6, 6.07) is 3.44. The van der Waals surface area contributed by atoms with Crippen molar-refractivity contribution < 1.29 is 45.9 Å². The second kappa shape index (κ2) is 16.6. The first-order chi connectivity index (χ1) is 12.7. The van der Waals surface area contributed by atoms with Crippen LogP contribution in [0.4, 0.5) is 0 Å². The quantitative estimate of drug-likeness (QED) is 0.554. The second-order valence-corrected chi connectivity index (χ2v) is 6.38. The van der Waals surface area contributed by atoms with Gasteiger partial charge in [0.2, 0.25) is 10.1 Å². The molecule has 0 spiro atoms. The van der Waals surface area contributed by atoms with E-state index in [4.69, 9.17) is 19.7 Å². The molecule has 0 radical (unpaired) electrons. The van der Waals surface area contributed by atoms with Gasteiger partial charge in [-0.15, -0.1) is 35.5 Å². The number of hydrogen-bond donors (Lipinski definition) is 2. The number of ether oxygens (including phenoxy) is 2. The van der Waals surface area contributed by atoms with E-state index in [0.717, 1.165) is 12.8 Å². The molecule has 27 heavy (non-hydrogen) atoms. The van der Waals surface area contributed by atoms with Gasteiger partial charge in [0.15, 0.2) is 11.5 Å². The third-order valence-corrected chi connectivity index (χ3v) is 4.22. The van der Waals surface area contributed by atoms with Crippen molar-refractivity contribution in [3.05, 3.63) is 71.5 Å². The molecule has 4 rings (SSSR count). The molecular weight excluding hydrogens is 460 g/mol. The Balaban J connectivity index is 0.000000337. The van der Waals surface area contributed by atoms with E-state index < -0.39 is 0 Å². The molecule has 2 aliphatic rings. The maximum Gasteiger partial charge on any atom is 2.00 e. The minimum Gasteiger partial charge on any atom is -0.497 e. The molecule has 0 aromatic carbocycles. The molecule has 7 heteroatoms. The summed E-state index contributed by atoms with van der Waals surface area (Å²) in [6.07, 6.45) is 20.0. The number of thiophene rings is 2. The summed E-state index contributed by atoms with van der Waals surface area (Å²) in [6.45, 7) is 0. The molecule has 2 aromatic heterocycles. The van der Waals surface area contributed by atoms with Crippen molar-refractivity contribution in [2.75, 3.05) is 14.2 Å². The Morgan fingerprint density at radius 3 is 1.33 bits per heavy atom. The molecule has 0 fully saturated rings. The molecule has 0 aliphatic heterocycles. The van der Waals surface area contributed by atoms with Crippen molar-refractivity contribution >= 4 is 22.7 Å². The first kappa shape index (κ1) is 25.4. The van der Waals surface area contributed by atoms with Crippen LogP contribution in [0, 0.1) is 12.2 Å². The monoisotopic (exact) mass is 480 g/mol. The topological polar surface area (TPSA) is 58.9 Å². The number of allylic oxidation sites excluding steroid dienone is 8. The normalized spacial score (nSPS) is 11.9. The summed E-state index contributed by atoms with van der Waals surface area (Å²) in [5.41, 5.74) is 0. The molecule has 142 valence electrons. The van der Waals surface area contributed by atoms with Gasteiger partial charge in [-0.05, 0) is 22.9 Å². The van der Waals surface area contributed by atoms with E-state index in [1.165, 1.54) is 36.9 Å². The average molecular weight is 482 g/mol. The van der Waals surface area contributed by atoms with Crippen LogP contribution in [-0.4, -0.2) is 24.4 Å². The number of methoxy groups -OCH3 is 2. The summed E-state index contributed by atoms with van der Waals surface area (Å²) >= 11 is 2.52. The fraction of sp³-hybridized carbons (Fsp3) is 0.200. The summed E-state index contributed by atoms with van der Waals surface area (Å²) in [4.78, 5) is 0. The van der Waals surface area contributed by atoms with Gasteiger partial charge in [-0.1, -0.05) is 0 Å². The first-order valence-corrected chi connectivity index (χ1v) is 9.49. The third kappa shape index (κ3) is 11.7. The molecule has 2 heterocycles. The van der Waals surface area contributed by atoms with Gasteiger partial charge < -0.3 is 19.7 Å². The molecule has 4 nitrogen and oxygen atoms in total. The van der Waals surface area contributed by atoms with Crippen LogP contribution in [0.15, 0.2) is 59.3 Å². The SMILES string of the molecule is COc1ccsc1O.COc1ccsc1O.[C-]1=CC=CC1.[C-]1=CC=CC1.[Zr+2]. The molecule has 0 bridgehead atoms. The Morgan fingerprint density at radius 1 is 0.815 bits per heavy atom. The molecule has 2 aliphatic carbocycles. The first-order valence-electron chi connectivity index (χ1n) is 7.73. The zero-order valence-corrected chi connectivity index (χ0v) is 19.3. The van der Waals surface area contributed by atoms with Crippen molar-refractivity contribution in [2.24, 2.45) is 0 Å². The van der Waals surface area contributed by atoms with Crippen LogP contribution in [0.25, 0.3) is 0 Å². The van der Waals surface area contributed by atoms with Gasteiger partial charge in [0.25, 0.3) is 0 Å². The van der Waals surface area contributed by atoms with Crippen LogP contribution in [0.3, 0.4) is 0 Å². The maximum atomic E-state index is 8.84. The summed E-state index contributed by atoms with van der Waals surface area (Å²) in [5.74, 6) is 1.10. The fourth-order valence-corrected chi connectivity index (χ4v) is 2.75. The van der Waals surface area contributed by atoms with Crippen molar-refractivity contribution in [1.29, 1.82) is 0 Å². The smallest absolute Gasteiger partial charge is 0.497 e. The second-order valence-electron chi connectivity index (χ2n) is 4.59. The molecule has 2 aromatic rings. The standard InChI is InChI=1S/2C5H6O2S.2C5H5.Zr/c2*1-7-4-2-3-8-5(4)6;2*1-2-4-5-3-1;/h2*2-3,6H,1H3;2*1-3H,4H2;/q;;2*-1;+2. The van der Waals surface area contributed by atoms with Gasteiger partial charge in [0, 0.05) is 0 Å². The van der Waals surface area contributed by atoms with E-state index in [-0.39, 0.29) is 36.3 Å². The Morgan fingerprint density at radius 2 is 1.22 bits per heavy atom. The van der Waals surface area contributed by atoms with Gasteiger partial charge >= 0.3 is 26.2 Å². The van der Waals surface area contributed by atoms with Gasteiger partial charge in [-0.3, -0.25) is 12.2 Å². The van der Waals surface area contributed by atoms with Crippen molar-refractivity contribution in [1.82, 2.24) is 0 Å². The molecule has 2 N–H and O–H groups in total. The van der Waals surface area contributed by atoms with Crippen molar-refractivity contribution in [2.45, 2.75) is 12.8 Å². The molecule has 0 saturated carbocycles. The van der Waals surface area contributed by atoms with E-state index in [1.807, 2.05) is 24.3 Å². The van der Waals surface area contributed by atoms with Crippen molar-refractivity contribution in [3.8, 4) is 21.6 Å². The van der Waals surface area contributed by atoms with Crippen LogP contribution in [0.1, 0.15) is 12.8 Å². The summed E-state index contributed by atoms with van der Waals surface area (Å²) in [7, 11) is 3.06. The Hall–Kier alpha value is -1.56. The van der Waals surface area contributed by atoms with E-state index >= 15 is 0 Å². The van der Waals surface area contributed by atoms with Crippen LogP contribution in [0.5, 0.6) is 21.6 Å². The zero-order chi connectivity index (χ0) is 19.0. The van der Waals surface area contributed by atoms with E-state index in [1.54, 1.807) is 22.9 Å². The number of hydrogen-bond acceptors (Lipinski definition) is 6. The zero-order valence-electron chi connectivity index (χ0n) is 15.2. The van der Waals surface area contributed by atoms with Gasteiger partial charge in [0.05, 0.1) is 14.2 Å². The molecule has 0 saturated heterocycles. The third-order valence-electron chi connectivity index (χ3n) is 2.83. The van der Waals surface area contributed by atoms with E-state index in [0.29, 0.717) is 11.5 Å². The average Bonchev–Trinajstić information content (AvgIpc) is 3.44. The predicted molar refractivity (Wildman–Crippen MR) is 108 cm³/mol. The summed E-state index contributed by atoms with van der Waals surface area (Å²) in [5, 5.41) is 21.7. The maximum absolute atomic E-state index is 8.84. The Bertz CT molecular complexity index is 648. The van der Waals surface area contributed by atoms with E-state index in [9.17, 15) is 0 Å². The molecular formula is C20H22O4S2Zr. The van der Waals surface area contributed by atoms with Crippen LogP contribution < -0.4 is 9.47 Å². The van der Waals surface area contributed by atoms with Gasteiger partial charge in [-0.2, -0.15) is 12.2 Å². The Kier molecular flexibility index (Phi) is 15.6. The minimum absolute atomic E-state index is 0. The Labute approximate surface area is 187 Å². The summed E-state index contributed by atoms with van der Waals surface area (Å²) < 4.78 is 9.49.